The molecule has 0 bridgehead atoms. The summed E-state index contributed by atoms with van der Waals surface area (Å²) in [5.41, 5.74) is 2.54. The highest BCUT2D eigenvalue weighted by Gasteiger charge is 2.26. The van der Waals surface area contributed by atoms with Gasteiger partial charge in [-0.1, -0.05) is 13.8 Å². The fourth-order valence-corrected chi connectivity index (χ4v) is 2.24. The molecule has 0 fully saturated rings. The van der Waals surface area contributed by atoms with E-state index in [1.165, 1.54) is 11.3 Å². The number of anilines is 1. The Morgan fingerprint density at radius 3 is 2.73 bits per heavy atom. The summed E-state index contributed by atoms with van der Waals surface area (Å²) < 4.78 is 10.8. The molecule has 80 valence electrons. The van der Waals surface area contributed by atoms with Gasteiger partial charge in [0, 0.05) is 18.3 Å². The van der Waals surface area contributed by atoms with Gasteiger partial charge in [0.25, 0.3) is 0 Å². The highest BCUT2D eigenvalue weighted by Crippen LogP contribution is 2.43. The fourth-order valence-electron chi connectivity index (χ4n) is 2.24. The fraction of sp³-hybridized carbons (Fsp3) is 0.500. The van der Waals surface area contributed by atoms with Gasteiger partial charge in [0.05, 0.1) is 0 Å². The molecule has 3 rings (SSSR count). The van der Waals surface area contributed by atoms with Crippen LogP contribution in [-0.4, -0.2) is 13.3 Å². The van der Waals surface area contributed by atoms with Crippen LogP contribution >= 0.6 is 0 Å². The lowest BCUT2D eigenvalue weighted by Gasteiger charge is -2.29. The largest absolute Gasteiger partial charge is 0.454 e. The van der Waals surface area contributed by atoms with Crippen molar-refractivity contribution in [3.05, 3.63) is 17.7 Å². The van der Waals surface area contributed by atoms with Crippen molar-refractivity contribution in [2.75, 3.05) is 18.7 Å². The Morgan fingerprint density at radius 1 is 1.20 bits per heavy atom. The molecule has 0 saturated carbocycles. The number of fused-ring (bicyclic) bond motifs is 2. The van der Waals surface area contributed by atoms with Gasteiger partial charge in [0.1, 0.15) is 0 Å². The average Bonchev–Trinajstić information content (AvgIpc) is 2.68. The van der Waals surface area contributed by atoms with Gasteiger partial charge >= 0.3 is 0 Å². The summed E-state index contributed by atoms with van der Waals surface area (Å²) in [6.45, 7) is 5.92. The van der Waals surface area contributed by atoms with Crippen molar-refractivity contribution in [3.8, 4) is 11.5 Å². The van der Waals surface area contributed by atoms with Gasteiger partial charge < -0.3 is 14.8 Å². The lowest BCUT2D eigenvalue weighted by Crippen LogP contribution is -2.23. The second-order valence-electron chi connectivity index (χ2n) is 4.44. The van der Waals surface area contributed by atoms with E-state index in [4.69, 9.17) is 9.47 Å². The smallest absolute Gasteiger partial charge is 0.231 e. The minimum atomic E-state index is 0.349. The molecule has 0 radical (unpaired) electrons. The normalized spacial score (nSPS) is 27.1. The summed E-state index contributed by atoms with van der Waals surface area (Å²) in [6.07, 6.45) is 0. The summed E-state index contributed by atoms with van der Waals surface area (Å²) in [4.78, 5) is 0. The minimum Gasteiger partial charge on any atom is -0.454 e. The summed E-state index contributed by atoms with van der Waals surface area (Å²) in [5.74, 6) is 2.99. The third-order valence-electron chi connectivity index (χ3n) is 3.50. The first-order valence-electron chi connectivity index (χ1n) is 5.43. The number of benzene rings is 1. The van der Waals surface area contributed by atoms with Gasteiger partial charge in [0.15, 0.2) is 11.5 Å². The lowest BCUT2D eigenvalue weighted by molar-refractivity contribution is 0.174. The topological polar surface area (TPSA) is 30.5 Å². The maximum Gasteiger partial charge on any atom is 0.231 e. The van der Waals surface area contributed by atoms with E-state index in [-0.39, 0.29) is 0 Å². The molecule has 1 N–H and O–H groups in total. The number of nitrogens with one attached hydrogen (secondary N) is 1. The van der Waals surface area contributed by atoms with Gasteiger partial charge in [-0.2, -0.15) is 0 Å². The zero-order valence-corrected chi connectivity index (χ0v) is 9.04. The monoisotopic (exact) mass is 205 g/mol. The number of hydrogen-bond donors (Lipinski definition) is 1. The zero-order valence-electron chi connectivity index (χ0n) is 9.04. The van der Waals surface area contributed by atoms with Gasteiger partial charge in [-0.25, -0.2) is 0 Å². The van der Waals surface area contributed by atoms with Crippen LogP contribution in [0.25, 0.3) is 0 Å². The maximum atomic E-state index is 5.40. The molecule has 3 heteroatoms. The van der Waals surface area contributed by atoms with Crippen molar-refractivity contribution in [1.82, 2.24) is 0 Å². The van der Waals surface area contributed by atoms with Crippen LogP contribution in [0.15, 0.2) is 12.1 Å². The molecule has 2 unspecified atom stereocenters. The molecule has 2 aliphatic heterocycles. The second-order valence-corrected chi connectivity index (χ2v) is 4.44. The van der Waals surface area contributed by atoms with Gasteiger partial charge in [-0.3, -0.25) is 0 Å². The predicted octanol–water partition coefficient (Wildman–Crippen LogP) is 2.58. The molecule has 1 aromatic rings. The van der Waals surface area contributed by atoms with Crippen LogP contribution < -0.4 is 14.8 Å². The van der Waals surface area contributed by atoms with Crippen molar-refractivity contribution < 1.29 is 9.47 Å². The van der Waals surface area contributed by atoms with E-state index in [9.17, 15) is 0 Å². The predicted molar refractivity (Wildman–Crippen MR) is 58.6 cm³/mol. The SMILES string of the molecule is CC1CNc2cc3c(cc2C1C)OCO3. The van der Waals surface area contributed by atoms with E-state index in [2.05, 4.69) is 31.3 Å². The Bertz CT molecular complexity index is 403. The first-order chi connectivity index (χ1) is 7.25. The second kappa shape index (κ2) is 3.05. The molecule has 0 spiro atoms. The number of rotatable bonds is 0. The Hall–Kier alpha value is -1.38. The average molecular weight is 205 g/mol. The third-order valence-corrected chi connectivity index (χ3v) is 3.50. The Balaban J connectivity index is 2.10. The lowest BCUT2D eigenvalue weighted by atomic mass is 9.84. The van der Waals surface area contributed by atoms with Crippen LogP contribution in [0.4, 0.5) is 5.69 Å². The van der Waals surface area contributed by atoms with Gasteiger partial charge in [-0.05, 0) is 23.5 Å². The van der Waals surface area contributed by atoms with Crippen LogP contribution in [-0.2, 0) is 0 Å². The molecule has 0 aromatic heterocycles. The van der Waals surface area contributed by atoms with Crippen LogP contribution in [0.5, 0.6) is 11.5 Å². The first kappa shape index (κ1) is 8.89. The highest BCUT2D eigenvalue weighted by molar-refractivity contribution is 5.63. The van der Waals surface area contributed by atoms with Gasteiger partial charge in [-0.15, -0.1) is 0 Å². The summed E-state index contributed by atoms with van der Waals surface area (Å²) >= 11 is 0. The Kier molecular flexibility index (Phi) is 1.81. The molecule has 1 aromatic carbocycles. The third kappa shape index (κ3) is 1.26. The standard InChI is InChI=1S/C12H15NO2/c1-7-5-13-10-4-12-11(14-6-15-12)3-9(10)8(7)2/h3-4,7-8,13H,5-6H2,1-2H3. The first-order valence-corrected chi connectivity index (χ1v) is 5.43. The van der Waals surface area contributed by atoms with E-state index in [1.54, 1.807) is 0 Å². The number of hydrogen-bond acceptors (Lipinski definition) is 3. The van der Waals surface area contributed by atoms with Crippen LogP contribution in [0.2, 0.25) is 0 Å². The van der Waals surface area contributed by atoms with E-state index in [0.717, 1.165) is 18.0 Å². The van der Waals surface area contributed by atoms with Crippen molar-refractivity contribution >= 4 is 5.69 Å². The summed E-state index contributed by atoms with van der Waals surface area (Å²) in [7, 11) is 0. The van der Waals surface area contributed by atoms with Crippen LogP contribution in [0, 0.1) is 5.92 Å². The molecular formula is C12H15NO2. The highest BCUT2D eigenvalue weighted by atomic mass is 16.7. The zero-order chi connectivity index (χ0) is 10.4. The summed E-state index contributed by atoms with van der Waals surface area (Å²) in [5, 5.41) is 3.44. The molecule has 15 heavy (non-hydrogen) atoms. The van der Waals surface area contributed by atoms with Gasteiger partial charge in [0.2, 0.25) is 6.79 Å². The molecule has 2 aliphatic rings. The molecule has 2 atom stereocenters. The van der Waals surface area contributed by atoms with E-state index < -0.39 is 0 Å². The minimum absolute atomic E-state index is 0.349. The van der Waals surface area contributed by atoms with Crippen molar-refractivity contribution in [3.63, 3.8) is 0 Å². The van der Waals surface area contributed by atoms with Crippen LogP contribution in [0.3, 0.4) is 0 Å². The van der Waals surface area contributed by atoms with E-state index in [0.29, 0.717) is 18.6 Å². The molecule has 0 amide bonds. The van der Waals surface area contributed by atoms with E-state index >= 15 is 0 Å². The van der Waals surface area contributed by atoms with Crippen molar-refractivity contribution in [2.24, 2.45) is 5.92 Å². The molecule has 2 heterocycles. The quantitative estimate of drug-likeness (QED) is 0.706. The van der Waals surface area contributed by atoms with E-state index in [1.807, 2.05) is 0 Å². The molecular weight excluding hydrogens is 190 g/mol. The molecule has 0 saturated heterocycles. The van der Waals surface area contributed by atoms with Crippen molar-refractivity contribution in [2.45, 2.75) is 19.8 Å². The van der Waals surface area contributed by atoms with Crippen molar-refractivity contribution in [1.29, 1.82) is 0 Å². The maximum absolute atomic E-state index is 5.40. The Morgan fingerprint density at radius 2 is 1.93 bits per heavy atom. The van der Waals surface area contributed by atoms with Crippen LogP contribution in [0.1, 0.15) is 25.3 Å². The summed E-state index contributed by atoms with van der Waals surface area (Å²) in [6, 6.07) is 4.17. The molecule has 0 aliphatic carbocycles. The molecule has 3 nitrogen and oxygen atoms in total. The number of ether oxygens (including phenoxy) is 2. The Labute approximate surface area is 89.4 Å².